The first-order chi connectivity index (χ1) is 12.1. The lowest BCUT2D eigenvalue weighted by Crippen LogP contribution is -2.43. The van der Waals surface area contributed by atoms with Crippen molar-refractivity contribution >= 4 is 41.2 Å². The third-order valence-corrected chi connectivity index (χ3v) is 3.92. The molecule has 1 aliphatic heterocycles. The third-order valence-electron chi connectivity index (χ3n) is 3.49. The first kappa shape index (κ1) is 20.1. The molecule has 1 atom stereocenters. The molecule has 2 rings (SSSR count). The van der Waals surface area contributed by atoms with Gasteiger partial charge in [0.1, 0.15) is 0 Å². The molecule has 140 valence electrons. The number of hydrogen-bond donors (Lipinski definition) is 2. The summed E-state index contributed by atoms with van der Waals surface area (Å²) in [5.74, 6) is -1.04. The normalized spacial score (nSPS) is 20.2. The molecule has 1 heterocycles. The van der Waals surface area contributed by atoms with Crippen LogP contribution in [-0.4, -0.2) is 31.3 Å². The molecule has 1 unspecified atom stereocenters. The Bertz CT molecular complexity index is 776. The number of carbonyl (C=O) groups is 1. The quantitative estimate of drug-likeness (QED) is 0.450. The van der Waals surface area contributed by atoms with E-state index in [9.17, 15) is 18.0 Å². The van der Waals surface area contributed by atoms with E-state index in [2.05, 4.69) is 15.2 Å². The van der Waals surface area contributed by atoms with Gasteiger partial charge in [-0.2, -0.15) is 13.2 Å². The van der Waals surface area contributed by atoms with Gasteiger partial charge in [-0.05, 0) is 18.2 Å². The van der Waals surface area contributed by atoms with Crippen molar-refractivity contribution < 1.29 is 27.5 Å². The standard InChI is InChI=1S/C15H12Cl2F3N3O3/c1-25-13(24)8(6-21)7-22-12-5-14(26-23-12,15(18,19)20)9-2-10(16)4-11(17)3-9/h2-4,6-7,21H,5H2,1H3,(H,22,23)/b8-7+,21-6?. The number of halogens is 5. The lowest BCUT2D eigenvalue weighted by Gasteiger charge is -2.29. The van der Waals surface area contributed by atoms with Gasteiger partial charge in [0.25, 0.3) is 5.60 Å². The maximum atomic E-state index is 13.7. The van der Waals surface area contributed by atoms with Crippen molar-refractivity contribution in [3.8, 4) is 0 Å². The van der Waals surface area contributed by atoms with Crippen LogP contribution in [0.25, 0.3) is 0 Å². The summed E-state index contributed by atoms with van der Waals surface area (Å²) >= 11 is 11.6. The molecule has 6 nitrogen and oxygen atoms in total. The van der Waals surface area contributed by atoms with Crippen molar-refractivity contribution in [3.05, 3.63) is 45.6 Å². The summed E-state index contributed by atoms with van der Waals surface area (Å²) in [6.45, 7) is 0. The second-order valence-corrected chi connectivity index (χ2v) is 6.04. The Kier molecular flexibility index (Phi) is 5.82. The fourth-order valence-corrected chi connectivity index (χ4v) is 2.73. The second-order valence-electron chi connectivity index (χ2n) is 5.17. The number of nitrogens with zero attached hydrogens (tertiary/aromatic N) is 1. The smallest absolute Gasteiger partial charge is 0.435 e. The number of carbonyl (C=O) groups excluding carboxylic acids is 1. The minimum Gasteiger partial charge on any atom is -0.465 e. The largest absolute Gasteiger partial charge is 0.465 e. The number of ether oxygens (including phenoxy) is 1. The highest BCUT2D eigenvalue weighted by atomic mass is 35.5. The maximum absolute atomic E-state index is 13.7. The van der Waals surface area contributed by atoms with Crippen molar-refractivity contribution in [2.24, 2.45) is 5.16 Å². The van der Waals surface area contributed by atoms with E-state index in [1.807, 2.05) is 0 Å². The molecule has 0 spiro atoms. The maximum Gasteiger partial charge on any atom is 0.435 e. The van der Waals surface area contributed by atoms with Crippen molar-refractivity contribution in [1.29, 1.82) is 5.41 Å². The molecule has 1 aromatic carbocycles. The average molecular weight is 410 g/mol. The number of alkyl halides is 3. The highest BCUT2D eigenvalue weighted by Crippen LogP contribution is 2.48. The van der Waals surface area contributed by atoms with Crippen LogP contribution >= 0.6 is 23.2 Å². The van der Waals surface area contributed by atoms with Crippen LogP contribution in [0.15, 0.2) is 35.1 Å². The van der Waals surface area contributed by atoms with Crippen LogP contribution in [0.3, 0.4) is 0 Å². The zero-order valence-corrected chi connectivity index (χ0v) is 14.7. The van der Waals surface area contributed by atoms with Crippen LogP contribution < -0.4 is 5.32 Å². The van der Waals surface area contributed by atoms with Crippen LogP contribution in [0.4, 0.5) is 13.2 Å². The van der Waals surface area contributed by atoms with E-state index >= 15 is 0 Å². The van der Waals surface area contributed by atoms with Gasteiger partial charge in [-0.1, -0.05) is 28.4 Å². The van der Waals surface area contributed by atoms with Gasteiger partial charge >= 0.3 is 12.1 Å². The zero-order valence-electron chi connectivity index (χ0n) is 13.2. The van der Waals surface area contributed by atoms with E-state index in [4.69, 9.17) is 33.4 Å². The molecule has 1 aliphatic rings. The van der Waals surface area contributed by atoms with Gasteiger partial charge < -0.3 is 20.3 Å². The molecule has 0 radical (unpaired) electrons. The molecule has 0 bridgehead atoms. The highest BCUT2D eigenvalue weighted by Gasteiger charge is 2.62. The summed E-state index contributed by atoms with van der Waals surface area (Å²) < 4.78 is 45.7. The van der Waals surface area contributed by atoms with Gasteiger partial charge in [0.05, 0.1) is 19.1 Å². The molecule has 26 heavy (non-hydrogen) atoms. The Morgan fingerprint density at radius 2 is 2.00 bits per heavy atom. The molecule has 2 N–H and O–H groups in total. The summed E-state index contributed by atoms with van der Waals surface area (Å²) in [7, 11) is 1.10. The predicted molar refractivity (Wildman–Crippen MR) is 89.4 cm³/mol. The Hall–Kier alpha value is -2.26. The average Bonchev–Trinajstić information content (AvgIpc) is 2.99. The fourth-order valence-electron chi connectivity index (χ4n) is 2.21. The Morgan fingerprint density at radius 3 is 2.50 bits per heavy atom. The van der Waals surface area contributed by atoms with Gasteiger partial charge in [0, 0.05) is 28.0 Å². The fraction of sp³-hybridized carbons (Fsp3) is 0.267. The Balaban J connectivity index is 2.32. The molecule has 1 aromatic rings. The lowest BCUT2D eigenvalue weighted by atomic mass is 9.89. The number of oxime groups is 1. The highest BCUT2D eigenvalue weighted by molar-refractivity contribution is 6.34. The number of methoxy groups -OCH3 is 1. The Labute approximate surface area is 156 Å². The van der Waals surface area contributed by atoms with Crippen molar-refractivity contribution in [2.45, 2.75) is 18.2 Å². The number of esters is 1. The lowest BCUT2D eigenvalue weighted by molar-refractivity contribution is -0.275. The summed E-state index contributed by atoms with van der Waals surface area (Å²) in [4.78, 5) is 16.1. The molecule has 0 fully saturated rings. The summed E-state index contributed by atoms with van der Waals surface area (Å²) in [5.41, 5.74) is -3.31. The van der Waals surface area contributed by atoms with E-state index in [0.29, 0.717) is 6.21 Å². The molecule has 0 saturated carbocycles. The topological polar surface area (TPSA) is 83.8 Å². The molecule has 0 amide bonds. The predicted octanol–water partition coefficient (Wildman–Crippen LogP) is 3.78. The van der Waals surface area contributed by atoms with Crippen molar-refractivity contribution in [3.63, 3.8) is 0 Å². The van der Waals surface area contributed by atoms with E-state index in [-0.39, 0.29) is 27.0 Å². The monoisotopic (exact) mass is 409 g/mol. The molecular weight excluding hydrogens is 398 g/mol. The summed E-state index contributed by atoms with van der Waals surface area (Å²) in [6.07, 6.45) is -3.86. The van der Waals surface area contributed by atoms with E-state index < -0.39 is 24.2 Å². The molecule has 0 saturated heterocycles. The third kappa shape index (κ3) is 3.94. The minimum absolute atomic E-state index is 0.0119. The molecular formula is C15H12Cl2F3N3O3. The number of hydrogen-bond acceptors (Lipinski definition) is 6. The second kappa shape index (κ2) is 7.55. The molecule has 11 heteroatoms. The van der Waals surface area contributed by atoms with Gasteiger partial charge in [-0.3, -0.25) is 0 Å². The number of rotatable bonds is 4. The SMILES string of the molecule is COC(=O)/C(C=N)=C/NC1=NOC(c2cc(Cl)cc(Cl)c2)(C(F)(F)F)C1. The minimum atomic E-state index is -4.83. The number of benzene rings is 1. The molecule has 0 aliphatic carbocycles. The first-order valence-electron chi connectivity index (χ1n) is 6.97. The first-order valence-corrected chi connectivity index (χ1v) is 7.72. The zero-order chi connectivity index (χ0) is 19.5. The van der Waals surface area contributed by atoms with E-state index in [1.165, 1.54) is 6.07 Å². The number of nitrogens with one attached hydrogen (secondary N) is 2. The van der Waals surface area contributed by atoms with Gasteiger partial charge in [-0.25, -0.2) is 4.79 Å². The van der Waals surface area contributed by atoms with Crippen molar-refractivity contribution in [2.75, 3.05) is 7.11 Å². The van der Waals surface area contributed by atoms with E-state index in [1.54, 1.807) is 0 Å². The van der Waals surface area contributed by atoms with Crippen LogP contribution in [0.2, 0.25) is 10.0 Å². The van der Waals surface area contributed by atoms with Gasteiger partial charge in [-0.15, -0.1) is 0 Å². The van der Waals surface area contributed by atoms with E-state index in [0.717, 1.165) is 25.4 Å². The summed E-state index contributed by atoms with van der Waals surface area (Å²) in [5, 5.41) is 13.0. The summed E-state index contributed by atoms with van der Waals surface area (Å²) in [6, 6.07) is 3.47. The number of amidine groups is 1. The van der Waals surface area contributed by atoms with Gasteiger partial charge in [0.2, 0.25) is 0 Å². The van der Waals surface area contributed by atoms with Gasteiger partial charge in [0.15, 0.2) is 5.84 Å². The van der Waals surface area contributed by atoms with Crippen LogP contribution in [0, 0.1) is 5.41 Å². The molecule has 0 aromatic heterocycles. The van der Waals surface area contributed by atoms with Crippen LogP contribution in [0.1, 0.15) is 12.0 Å². The van der Waals surface area contributed by atoms with Crippen LogP contribution in [0.5, 0.6) is 0 Å². The van der Waals surface area contributed by atoms with Crippen molar-refractivity contribution in [1.82, 2.24) is 5.32 Å². The Morgan fingerprint density at radius 1 is 1.38 bits per heavy atom. The van der Waals surface area contributed by atoms with Crippen LogP contribution in [-0.2, 0) is 20.0 Å².